The van der Waals surface area contributed by atoms with Gasteiger partial charge in [0.2, 0.25) is 0 Å². The predicted octanol–water partition coefficient (Wildman–Crippen LogP) is 1.41. The molecule has 0 heterocycles. The molecule has 16 heavy (non-hydrogen) atoms. The van der Waals surface area contributed by atoms with Crippen molar-refractivity contribution < 1.29 is 23.4 Å². The number of carboxylic acid groups (broad SMARTS) is 1. The van der Waals surface area contributed by atoms with Crippen LogP contribution in [0, 0.1) is 0 Å². The monoisotopic (exact) mass is 231 g/mol. The molecule has 88 valence electrons. The molecule has 0 radical (unpaired) electrons. The van der Waals surface area contributed by atoms with E-state index in [1.807, 2.05) is 0 Å². The van der Waals surface area contributed by atoms with Crippen molar-refractivity contribution in [3.05, 3.63) is 29.8 Å². The van der Waals surface area contributed by atoms with Gasteiger partial charge in [-0.3, -0.25) is 4.79 Å². The SMILES string of the molecule is NCC(C(=O)O)c1ccccc1OC(F)F. The highest BCUT2D eigenvalue weighted by Gasteiger charge is 2.22. The van der Waals surface area contributed by atoms with E-state index in [1.165, 1.54) is 18.2 Å². The van der Waals surface area contributed by atoms with Gasteiger partial charge in [0.1, 0.15) is 5.75 Å². The maximum atomic E-state index is 12.1. The summed E-state index contributed by atoms with van der Waals surface area (Å²) in [6.07, 6.45) is 0. The minimum atomic E-state index is -2.99. The molecule has 1 rings (SSSR count). The number of carbonyl (C=O) groups is 1. The normalized spacial score (nSPS) is 12.5. The largest absolute Gasteiger partial charge is 0.481 e. The third-order valence-corrected chi connectivity index (χ3v) is 2.04. The first-order chi connectivity index (χ1) is 7.56. The molecule has 1 aromatic rings. The maximum absolute atomic E-state index is 12.1. The van der Waals surface area contributed by atoms with Crippen LogP contribution in [0.25, 0.3) is 0 Å². The number of halogens is 2. The van der Waals surface area contributed by atoms with Crippen LogP contribution in [0.3, 0.4) is 0 Å². The number of carboxylic acids is 1. The summed E-state index contributed by atoms with van der Waals surface area (Å²) in [6.45, 7) is -3.17. The van der Waals surface area contributed by atoms with Gasteiger partial charge in [-0.2, -0.15) is 8.78 Å². The highest BCUT2D eigenvalue weighted by molar-refractivity contribution is 5.77. The van der Waals surface area contributed by atoms with Gasteiger partial charge in [0.25, 0.3) is 0 Å². The van der Waals surface area contributed by atoms with Gasteiger partial charge in [-0.25, -0.2) is 0 Å². The van der Waals surface area contributed by atoms with Crippen LogP contribution in [0.5, 0.6) is 5.75 Å². The molecule has 1 atom stereocenters. The first kappa shape index (κ1) is 12.4. The van der Waals surface area contributed by atoms with Gasteiger partial charge >= 0.3 is 12.6 Å². The fourth-order valence-electron chi connectivity index (χ4n) is 1.33. The summed E-state index contributed by atoms with van der Waals surface area (Å²) in [6, 6.07) is 5.71. The number of benzene rings is 1. The summed E-state index contributed by atoms with van der Waals surface area (Å²) >= 11 is 0. The van der Waals surface area contributed by atoms with E-state index in [0.29, 0.717) is 0 Å². The molecule has 0 saturated carbocycles. The Labute approximate surface area is 90.6 Å². The second kappa shape index (κ2) is 5.41. The van der Waals surface area contributed by atoms with Gasteiger partial charge < -0.3 is 15.6 Å². The molecule has 3 N–H and O–H groups in total. The van der Waals surface area contributed by atoms with E-state index >= 15 is 0 Å². The average Bonchev–Trinajstić information content (AvgIpc) is 2.20. The van der Waals surface area contributed by atoms with Crippen molar-refractivity contribution in [2.45, 2.75) is 12.5 Å². The van der Waals surface area contributed by atoms with Crippen LogP contribution in [-0.4, -0.2) is 24.2 Å². The van der Waals surface area contributed by atoms with Crippen molar-refractivity contribution in [1.82, 2.24) is 0 Å². The molecular formula is C10H11F2NO3. The zero-order valence-corrected chi connectivity index (χ0v) is 8.27. The number of ether oxygens (including phenoxy) is 1. The van der Waals surface area contributed by atoms with E-state index < -0.39 is 18.5 Å². The Morgan fingerprint density at radius 2 is 2.06 bits per heavy atom. The van der Waals surface area contributed by atoms with Crippen LogP contribution >= 0.6 is 0 Å². The van der Waals surface area contributed by atoms with Crippen LogP contribution in [0.4, 0.5) is 8.78 Å². The zero-order chi connectivity index (χ0) is 12.1. The summed E-state index contributed by atoms with van der Waals surface area (Å²) in [5, 5.41) is 8.86. The van der Waals surface area contributed by atoms with Gasteiger partial charge in [-0.15, -0.1) is 0 Å². The first-order valence-corrected chi connectivity index (χ1v) is 4.53. The Kier molecular flexibility index (Phi) is 4.19. The van der Waals surface area contributed by atoms with Crippen LogP contribution in [0.1, 0.15) is 11.5 Å². The van der Waals surface area contributed by atoms with E-state index in [9.17, 15) is 13.6 Å². The molecular weight excluding hydrogens is 220 g/mol. The summed E-state index contributed by atoms with van der Waals surface area (Å²) < 4.78 is 28.4. The van der Waals surface area contributed by atoms with E-state index in [4.69, 9.17) is 10.8 Å². The minimum Gasteiger partial charge on any atom is -0.481 e. The zero-order valence-electron chi connectivity index (χ0n) is 8.27. The summed E-state index contributed by atoms with van der Waals surface area (Å²) in [5.74, 6) is -2.38. The van der Waals surface area contributed by atoms with Gasteiger partial charge in [0, 0.05) is 12.1 Å². The molecule has 0 amide bonds. The summed E-state index contributed by atoms with van der Waals surface area (Å²) in [5.41, 5.74) is 5.43. The fraction of sp³-hybridized carbons (Fsp3) is 0.300. The van der Waals surface area contributed by atoms with E-state index in [1.54, 1.807) is 6.07 Å². The van der Waals surface area contributed by atoms with Gasteiger partial charge in [-0.05, 0) is 6.07 Å². The number of hydrogen-bond acceptors (Lipinski definition) is 3. The van der Waals surface area contributed by atoms with Crippen molar-refractivity contribution in [3.63, 3.8) is 0 Å². The Morgan fingerprint density at radius 3 is 2.56 bits per heavy atom. The van der Waals surface area contributed by atoms with Crippen molar-refractivity contribution in [1.29, 1.82) is 0 Å². The lowest BCUT2D eigenvalue weighted by atomic mass is 9.98. The molecule has 0 aromatic heterocycles. The standard InChI is InChI=1S/C10H11F2NO3/c11-10(12)16-8-4-2-1-3-6(8)7(5-13)9(14)15/h1-4,7,10H,5,13H2,(H,14,15). The molecule has 4 nitrogen and oxygen atoms in total. The molecule has 0 fully saturated rings. The third-order valence-electron chi connectivity index (χ3n) is 2.04. The van der Waals surface area contributed by atoms with Crippen molar-refractivity contribution in [2.24, 2.45) is 5.73 Å². The lowest BCUT2D eigenvalue weighted by molar-refractivity contribution is -0.138. The predicted molar refractivity (Wildman–Crippen MR) is 52.5 cm³/mol. The second-order valence-corrected chi connectivity index (χ2v) is 3.04. The van der Waals surface area contributed by atoms with Gasteiger partial charge in [0.05, 0.1) is 5.92 Å². The smallest absolute Gasteiger partial charge is 0.387 e. The van der Waals surface area contributed by atoms with Gasteiger partial charge in [-0.1, -0.05) is 18.2 Å². The van der Waals surface area contributed by atoms with Crippen molar-refractivity contribution >= 4 is 5.97 Å². The number of rotatable bonds is 5. The number of nitrogens with two attached hydrogens (primary N) is 1. The highest BCUT2D eigenvalue weighted by atomic mass is 19.3. The molecule has 6 heteroatoms. The van der Waals surface area contributed by atoms with E-state index in [-0.39, 0.29) is 17.9 Å². The number of hydrogen-bond donors (Lipinski definition) is 2. The topological polar surface area (TPSA) is 72.6 Å². The van der Waals surface area contributed by atoms with E-state index in [0.717, 1.165) is 0 Å². The number of aliphatic carboxylic acids is 1. The fourth-order valence-corrected chi connectivity index (χ4v) is 1.33. The number of para-hydroxylation sites is 1. The Balaban J connectivity index is 3.05. The third kappa shape index (κ3) is 2.90. The summed E-state index contributed by atoms with van der Waals surface area (Å²) in [7, 11) is 0. The minimum absolute atomic E-state index is 0.151. The van der Waals surface area contributed by atoms with Gasteiger partial charge in [0.15, 0.2) is 0 Å². The van der Waals surface area contributed by atoms with Crippen molar-refractivity contribution in [3.8, 4) is 5.75 Å². The molecule has 1 unspecified atom stereocenters. The van der Waals surface area contributed by atoms with Crippen LogP contribution in [-0.2, 0) is 4.79 Å². The molecule has 0 aliphatic rings. The molecule has 1 aromatic carbocycles. The average molecular weight is 231 g/mol. The molecule has 0 bridgehead atoms. The quantitative estimate of drug-likeness (QED) is 0.803. The van der Waals surface area contributed by atoms with Crippen LogP contribution in [0.2, 0.25) is 0 Å². The van der Waals surface area contributed by atoms with Crippen LogP contribution < -0.4 is 10.5 Å². The molecule has 0 spiro atoms. The van der Waals surface area contributed by atoms with E-state index in [2.05, 4.69) is 4.74 Å². The molecule has 0 saturated heterocycles. The lowest BCUT2D eigenvalue weighted by Crippen LogP contribution is -2.22. The second-order valence-electron chi connectivity index (χ2n) is 3.04. The number of alkyl halides is 2. The first-order valence-electron chi connectivity index (χ1n) is 4.53. The Morgan fingerprint density at radius 1 is 1.44 bits per heavy atom. The molecule has 0 aliphatic carbocycles. The lowest BCUT2D eigenvalue weighted by Gasteiger charge is -2.15. The summed E-state index contributed by atoms with van der Waals surface area (Å²) in [4.78, 5) is 10.8. The van der Waals surface area contributed by atoms with Crippen molar-refractivity contribution in [2.75, 3.05) is 6.54 Å². The van der Waals surface area contributed by atoms with Crippen LogP contribution in [0.15, 0.2) is 24.3 Å². The Bertz CT molecular complexity index is 371. The maximum Gasteiger partial charge on any atom is 0.387 e. The Hall–Kier alpha value is -1.69. The highest BCUT2D eigenvalue weighted by Crippen LogP contribution is 2.27. The molecule has 0 aliphatic heterocycles.